The summed E-state index contributed by atoms with van der Waals surface area (Å²) >= 11 is 0. The van der Waals surface area contributed by atoms with Crippen LogP contribution in [0.5, 0.6) is 0 Å². The Hall–Kier alpha value is -2.67. The third-order valence-electron chi connectivity index (χ3n) is 4.03. The van der Waals surface area contributed by atoms with Gasteiger partial charge in [-0.3, -0.25) is 10.1 Å². The zero-order chi connectivity index (χ0) is 16.9. The van der Waals surface area contributed by atoms with Crippen LogP contribution in [-0.4, -0.2) is 29.2 Å². The molecule has 1 aromatic carbocycles. The Morgan fingerprint density at radius 3 is 2.50 bits per heavy atom. The molecule has 24 heavy (non-hydrogen) atoms. The van der Waals surface area contributed by atoms with Crippen molar-refractivity contribution < 1.29 is 9.66 Å². The van der Waals surface area contributed by atoms with E-state index in [2.05, 4.69) is 15.6 Å². The van der Waals surface area contributed by atoms with E-state index in [9.17, 15) is 10.1 Å². The van der Waals surface area contributed by atoms with Gasteiger partial charge >= 0.3 is 0 Å². The number of pyridine rings is 1. The van der Waals surface area contributed by atoms with Gasteiger partial charge in [-0.2, -0.15) is 0 Å². The van der Waals surface area contributed by atoms with Crippen LogP contribution in [0, 0.1) is 17.0 Å². The molecule has 0 aliphatic carbocycles. The van der Waals surface area contributed by atoms with Crippen LogP contribution >= 0.6 is 0 Å². The maximum atomic E-state index is 10.8. The summed E-state index contributed by atoms with van der Waals surface area (Å²) in [5, 5.41) is 17.5. The molecule has 3 rings (SSSR count). The van der Waals surface area contributed by atoms with Crippen LogP contribution in [-0.2, 0) is 4.74 Å². The summed E-state index contributed by atoms with van der Waals surface area (Å²) in [6, 6.07) is 10.1. The summed E-state index contributed by atoms with van der Waals surface area (Å²) in [4.78, 5) is 14.5. The predicted octanol–water partition coefficient (Wildman–Crippen LogP) is 3.63. The van der Waals surface area contributed by atoms with Crippen molar-refractivity contribution in [3.63, 3.8) is 0 Å². The Morgan fingerprint density at radius 1 is 1.21 bits per heavy atom. The highest BCUT2D eigenvalue weighted by Gasteiger charge is 2.13. The van der Waals surface area contributed by atoms with Crippen LogP contribution in [0.15, 0.2) is 36.5 Å². The molecule has 0 spiro atoms. The van der Waals surface area contributed by atoms with Gasteiger partial charge < -0.3 is 15.4 Å². The van der Waals surface area contributed by atoms with Crippen molar-refractivity contribution in [2.75, 3.05) is 23.8 Å². The molecule has 7 heteroatoms. The summed E-state index contributed by atoms with van der Waals surface area (Å²) in [6.45, 7) is 3.32. The summed E-state index contributed by atoms with van der Waals surface area (Å²) in [5.74, 6) is 0.586. The van der Waals surface area contributed by atoms with Crippen molar-refractivity contribution in [3.8, 4) is 0 Å². The fourth-order valence-electron chi connectivity index (χ4n) is 2.68. The number of benzene rings is 1. The highest BCUT2D eigenvalue weighted by atomic mass is 16.6. The van der Waals surface area contributed by atoms with Gasteiger partial charge in [0.1, 0.15) is 12.0 Å². The predicted molar refractivity (Wildman–Crippen MR) is 92.8 cm³/mol. The second-order valence-corrected chi connectivity index (χ2v) is 5.85. The molecule has 1 fully saturated rings. The zero-order valence-corrected chi connectivity index (χ0v) is 13.5. The first kappa shape index (κ1) is 16.2. The van der Waals surface area contributed by atoms with Gasteiger partial charge in [0.05, 0.1) is 4.92 Å². The van der Waals surface area contributed by atoms with Crippen molar-refractivity contribution in [1.82, 2.24) is 4.98 Å². The summed E-state index contributed by atoms with van der Waals surface area (Å²) in [5.41, 5.74) is 2.56. The van der Waals surface area contributed by atoms with E-state index in [1.165, 1.54) is 6.20 Å². The summed E-state index contributed by atoms with van der Waals surface area (Å²) in [7, 11) is 0. The van der Waals surface area contributed by atoms with Gasteiger partial charge in [0.2, 0.25) is 0 Å². The topological polar surface area (TPSA) is 89.3 Å². The molecule has 0 unspecified atom stereocenters. The number of nitrogens with zero attached hydrogens (tertiary/aromatic N) is 2. The third kappa shape index (κ3) is 3.99. The van der Waals surface area contributed by atoms with E-state index in [1.807, 2.05) is 24.3 Å². The number of hydrogen-bond donors (Lipinski definition) is 2. The number of rotatable bonds is 5. The Bertz CT molecular complexity index is 712. The average molecular weight is 328 g/mol. The highest BCUT2D eigenvalue weighted by Crippen LogP contribution is 2.23. The van der Waals surface area contributed by atoms with Crippen molar-refractivity contribution in [1.29, 1.82) is 0 Å². The minimum Gasteiger partial charge on any atom is -0.382 e. The average Bonchev–Trinajstić information content (AvgIpc) is 2.57. The molecule has 0 saturated carbocycles. The Labute approximate surface area is 140 Å². The molecule has 126 valence electrons. The van der Waals surface area contributed by atoms with E-state index in [4.69, 9.17) is 4.74 Å². The first-order chi connectivity index (χ1) is 11.6. The second-order valence-electron chi connectivity index (χ2n) is 5.85. The lowest BCUT2D eigenvalue weighted by molar-refractivity contribution is -0.385. The van der Waals surface area contributed by atoms with E-state index in [0.29, 0.717) is 17.4 Å². The van der Waals surface area contributed by atoms with E-state index in [-0.39, 0.29) is 5.69 Å². The minimum absolute atomic E-state index is 0.0246. The van der Waals surface area contributed by atoms with Crippen molar-refractivity contribution in [2.24, 2.45) is 0 Å². The van der Waals surface area contributed by atoms with E-state index in [1.54, 1.807) is 13.0 Å². The van der Waals surface area contributed by atoms with E-state index < -0.39 is 4.92 Å². The van der Waals surface area contributed by atoms with Crippen molar-refractivity contribution >= 4 is 22.9 Å². The fraction of sp³-hybridized carbons (Fsp3) is 0.353. The standard InChI is InChI=1S/C17H20N4O3/c1-12-10-17(18-11-16(12)21(22)23)20-14-4-2-13(3-5-14)19-15-6-8-24-9-7-15/h2-5,10-11,15,19H,6-9H2,1H3,(H,18,20). The van der Waals surface area contributed by atoms with Gasteiger partial charge in [-0.25, -0.2) is 4.98 Å². The van der Waals surface area contributed by atoms with Crippen molar-refractivity contribution in [2.45, 2.75) is 25.8 Å². The molecule has 2 N–H and O–H groups in total. The van der Waals surface area contributed by atoms with Crippen LogP contribution in [0.2, 0.25) is 0 Å². The quantitative estimate of drug-likeness (QED) is 0.643. The SMILES string of the molecule is Cc1cc(Nc2ccc(NC3CCOCC3)cc2)ncc1[N+](=O)[O-]. The number of aromatic nitrogens is 1. The normalized spacial score (nSPS) is 15.0. The Kier molecular flexibility index (Phi) is 4.90. The first-order valence-electron chi connectivity index (χ1n) is 7.94. The van der Waals surface area contributed by atoms with Gasteiger partial charge in [0, 0.05) is 36.2 Å². The largest absolute Gasteiger partial charge is 0.382 e. The molecular formula is C17H20N4O3. The maximum Gasteiger partial charge on any atom is 0.290 e. The lowest BCUT2D eigenvalue weighted by Crippen LogP contribution is -2.27. The molecule has 0 radical (unpaired) electrons. The number of hydrogen-bond acceptors (Lipinski definition) is 6. The van der Waals surface area contributed by atoms with Crippen LogP contribution < -0.4 is 10.6 Å². The number of nitro groups is 1. The smallest absolute Gasteiger partial charge is 0.290 e. The number of ether oxygens (including phenoxy) is 1. The second kappa shape index (κ2) is 7.27. The monoisotopic (exact) mass is 328 g/mol. The molecule has 0 bridgehead atoms. The molecule has 0 amide bonds. The minimum atomic E-state index is -0.428. The summed E-state index contributed by atoms with van der Waals surface area (Å²) in [6.07, 6.45) is 3.32. The van der Waals surface area contributed by atoms with Gasteiger partial charge in [-0.1, -0.05) is 0 Å². The van der Waals surface area contributed by atoms with Gasteiger partial charge in [0.25, 0.3) is 5.69 Å². The molecule has 1 aromatic heterocycles. The molecule has 1 saturated heterocycles. The lowest BCUT2D eigenvalue weighted by atomic mass is 10.1. The molecular weight excluding hydrogens is 308 g/mol. The molecule has 2 aromatic rings. The molecule has 2 heterocycles. The van der Waals surface area contributed by atoms with Crippen molar-refractivity contribution in [3.05, 3.63) is 52.2 Å². The van der Waals surface area contributed by atoms with Crippen LogP contribution in [0.25, 0.3) is 0 Å². The fourth-order valence-corrected chi connectivity index (χ4v) is 2.68. The number of aryl methyl sites for hydroxylation is 1. The molecule has 1 aliphatic rings. The Morgan fingerprint density at radius 2 is 1.88 bits per heavy atom. The molecule has 0 atom stereocenters. The first-order valence-corrected chi connectivity index (χ1v) is 7.94. The van der Waals surface area contributed by atoms with Crippen LogP contribution in [0.4, 0.5) is 22.9 Å². The highest BCUT2D eigenvalue weighted by molar-refractivity contribution is 5.61. The van der Waals surface area contributed by atoms with Gasteiger partial charge in [-0.15, -0.1) is 0 Å². The van der Waals surface area contributed by atoms with Gasteiger partial charge in [-0.05, 0) is 50.1 Å². The summed E-state index contributed by atoms with van der Waals surface area (Å²) < 4.78 is 5.36. The lowest BCUT2D eigenvalue weighted by Gasteiger charge is -2.24. The number of anilines is 3. The van der Waals surface area contributed by atoms with Crippen LogP contribution in [0.1, 0.15) is 18.4 Å². The third-order valence-corrected chi connectivity index (χ3v) is 4.03. The van der Waals surface area contributed by atoms with Crippen LogP contribution in [0.3, 0.4) is 0 Å². The molecule has 1 aliphatic heterocycles. The van der Waals surface area contributed by atoms with E-state index in [0.717, 1.165) is 37.4 Å². The molecule has 7 nitrogen and oxygen atoms in total. The Balaban J connectivity index is 1.63. The number of nitrogens with one attached hydrogen (secondary N) is 2. The maximum absolute atomic E-state index is 10.8. The van der Waals surface area contributed by atoms with Gasteiger partial charge in [0.15, 0.2) is 0 Å². The zero-order valence-electron chi connectivity index (χ0n) is 13.5. The van der Waals surface area contributed by atoms with E-state index >= 15 is 0 Å².